The van der Waals surface area contributed by atoms with Crippen molar-refractivity contribution in [1.82, 2.24) is 0 Å². The molecule has 0 aromatic heterocycles. The third-order valence-electron chi connectivity index (χ3n) is 3.89. The molecular formula is C14H18BrF2N. The van der Waals surface area contributed by atoms with Gasteiger partial charge in [-0.25, -0.2) is 8.78 Å². The molecule has 0 bridgehead atoms. The van der Waals surface area contributed by atoms with E-state index in [9.17, 15) is 8.78 Å². The van der Waals surface area contributed by atoms with Crippen LogP contribution in [0.3, 0.4) is 0 Å². The highest BCUT2D eigenvalue weighted by Gasteiger charge is 2.28. The van der Waals surface area contributed by atoms with Crippen LogP contribution in [0.5, 0.6) is 0 Å². The van der Waals surface area contributed by atoms with E-state index in [2.05, 4.69) is 22.9 Å². The standard InChI is InChI=1S/C14H18BrF2N/c1-9-4-3-5-18(10(9)2)14-12(16)6-11(8-15)7-13(14)17/h6-7,9-10H,3-5,8H2,1-2H3. The first-order chi connectivity index (χ1) is 8.54. The molecule has 1 heterocycles. The van der Waals surface area contributed by atoms with Crippen LogP contribution in [-0.4, -0.2) is 12.6 Å². The SMILES string of the molecule is CC1CCCN(c2c(F)cc(CBr)cc2F)C1C. The minimum absolute atomic E-state index is 0.138. The van der Waals surface area contributed by atoms with Crippen molar-refractivity contribution >= 4 is 21.6 Å². The maximum Gasteiger partial charge on any atom is 0.149 e. The highest BCUT2D eigenvalue weighted by atomic mass is 79.9. The Labute approximate surface area is 115 Å². The van der Waals surface area contributed by atoms with Crippen LogP contribution >= 0.6 is 15.9 Å². The normalized spacial score (nSPS) is 24.4. The lowest BCUT2D eigenvalue weighted by Gasteiger charge is -2.39. The molecule has 1 aliphatic rings. The van der Waals surface area contributed by atoms with Gasteiger partial charge in [-0.1, -0.05) is 22.9 Å². The van der Waals surface area contributed by atoms with Gasteiger partial charge < -0.3 is 4.90 Å². The largest absolute Gasteiger partial charge is 0.364 e. The molecule has 1 aliphatic heterocycles. The van der Waals surface area contributed by atoms with E-state index in [-0.39, 0.29) is 11.7 Å². The smallest absolute Gasteiger partial charge is 0.149 e. The van der Waals surface area contributed by atoms with Gasteiger partial charge in [0.05, 0.1) is 0 Å². The number of anilines is 1. The molecule has 1 fully saturated rings. The number of alkyl halides is 1. The maximum absolute atomic E-state index is 14.1. The topological polar surface area (TPSA) is 3.24 Å². The van der Waals surface area contributed by atoms with E-state index >= 15 is 0 Å². The Kier molecular flexibility index (Phi) is 4.25. The molecule has 18 heavy (non-hydrogen) atoms. The lowest BCUT2D eigenvalue weighted by Crippen LogP contribution is -2.43. The van der Waals surface area contributed by atoms with Gasteiger partial charge in [-0.2, -0.15) is 0 Å². The fourth-order valence-corrected chi connectivity index (χ4v) is 2.94. The average molecular weight is 318 g/mol. The number of rotatable bonds is 2. The number of benzene rings is 1. The fourth-order valence-electron chi connectivity index (χ4n) is 2.62. The van der Waals surface area contributed by atoms with Gasteiger partial charge in [0, 0.05) is 17.9 Å². The summed E-state index contributed by atoms with van der Waals surface area (Å²) in [6.07, 6.45) is 2.12. The third-order valence-corrected chi connectivity index (χ3v) is 4.54. The summed E-state index contributed by atoms with van der Waals surface area (Å²) in [5, 5.41) is 0.465. The summed E-state index contributed by atoms with van der Waals surface area (Å²) in [6.45, 7) is 4.91. The molecule has 4 heteroatoms. The first kappa shape index (κ1) is 13.8. The van der Waals surface area contributed by atoms with Crippen molar-refractivity contribution in [2.45, 2.75) is 38.1 Å². The molecule has 2 unspecified atom stereocenters. The van der Waals surface area contributed by atoms with Gasteiger partial charge in [-0.15, -0.1) is 0 Å². The number of nitrogens with zero attached hydrogens (tertiary/aromatic N) is 1. The van der Waals surface area contributed by atoms with Crippen LogP contribution in [0.25, 0.3) is 0 Å². The molecule has 1 saturated heterocycles. The zero-order valence-electron chi connectivity index (χ0n) is 10.7. The van der Waals surface area contributed by atoms with Gasteiger partial charge in [0.2, 0.25) is 0 Å². The molecule has 0 radical (unpaired) electrons. The average Bonchev–Trinajstić information content (AvgIpc) is 2.33. The Balaban J connectivity index is 2.38. The predicted molar refractivity (Wildman–Crippen MR) is 74.2 cm³/mol. The lowest BCUT2D eigenvalue weighted by molar-refractivity contribution is 0.356. The van der Waals surface area contributed by atoms with Gasteiger partial charge in [-0.05, 0) is 43.4 Å². The van der Waals surface area contributed by atoms with E-state index in [4.69, 9.17) is 0 Å². The fraction of sp³-hybridized carbons (Fsp3) is 0.571. The van der Waals surface area contributed by atoms with E-state index in [0.29, 0.717) is 16.8 Å². The maximum atomic E-state index is 14.1. The Morgan fingerprint density at radius 1 is 1.28 bits per heavy atom. The summed E-state index contributed by atoms with van der Waals surface area (Å²) in [4.78, 5) is 1.87. The first-order valence-corrected chi connectivity index (χ1v) is 7.47. The molecule has 2 atom stereocenters. The van der Waals surface area contributed by atoms with E-state index in [0.717, 1.165) is 19.4 Å². The van der Waals surface area contributed by atoms with Crippen LogP contribution in [0.1, 0.15) is 32.3 Å². The highest BCUT2D eigenvalue weighted by molar-refractivity contribution is 9.08. The van der Waals surface area contributed by atoms with Crippen LogP contribution in [0.2, 0.25) is 0 Å². The quantitative estimate of drug-likeness (QED) is 0.727. The van der Waals surface area contributed by atoms with Gasteiger partial charge in [0.1, 0.15) is 17.3 Å². The first-order valence-electron chi connectivity index (χ1n) is 6.35. The van der Waals surface area contributed by atoms with Crippen molar-refractivity contribution in [2.75, 3.05) is 11.4 Å². The van der Waals surface area contributed by atoms with Crippen LogP contribution in [-0.2, 0) is 5.33 Å². The minimum atomic E-state index is -0.453. The van der Waals surface area contributed by atoms with Crippen molar-refractivity contribution in [3.63, 3.8) is 0 Å². The van der Waals surface area contributed by atoms with E-state index < -0.39 is 11.6 Å². The molecule has 1 aromatic rings. The van der Waals surface area contributed by atoms with Crippen LogP contribution in [0.15, 0.2) is 12.1 Å². The molecule has 1 nitrogen and oxygen atoms in total. The van der Waals surface area contributed by atoms with Crippen LogP contribution < -0.4 is 4.90 Å². The van der Waals surface area contributed by atoms with Crippen molar-refractivity contribution < 1.29 is 8.78 Å². The third kappa shape index (κ3) is 2.53. The summed E-state index contributed by atoms with van der Waals surface area (Å²) >= 11 is 3.22. The predicted octanol–water partition coefficient (Wildman–Crippen LogP) is 4.48. The zero-order valence-corrected chi connectivity index (χ0v) is 12.3. The molecule has 0 saturated carbocycles. The highest BCUT2D eigenvalue weighted by Crippen LogP contribution is 2.33. The van der Waals surface area contributed by atoms with Gasteiger partial charge in [0.15, 0.2) is 0 Å². The van der Waals surface area contributed by atoms with E-state index in [1.54, 1.807) is 0 Å². The van der Waals surface area contributed by atoms with Gasteiger partial charge in [-0.3, -0.25) is 0 Å². The van der Waals surface area contributed by atoms with Crippen molar-refractivity contribution in [1.29, 1.82) is 0 Å². The molecule has 0 aliphatic carbocycles. The van der Waals surface area contributed by atoms with Crippen molar-refractivity contribution in [2.24, 2.45) is 5.92 Å². The molecule has 2 rings (SSSR count). The van der Waals surface area contributed by atoms with Crippen LogP contribution in [0.4, 0.5) is 14.5 Å². The molecule has 0 amide bonds. The summed E-state index contributed by atoms with van der Waals surface area (Å²) in [6, 6.07) is 3.01. The lowest BCUT2D eigenvalue weighted by atomic mass is 9.91. The van der Waals surface area contributed by atoms with Crippen molar-refractivity contribution in [3.05, 3.63) is 29.3 Å². The summed E-state index contributed by atoms with van der Waals surface area (Å²) in [7, 11) is 0. The number of hydrogen-bond acceptors (Lipinski definition) is 1. The van der Waals surface area contributed by atoms with Gasteiger partial charge >= 0.3 is 0 Å². The molecular weight excluding hydrogens is 300 g/mol. The minimum Gasteiger partial charge on any atom is -0.364 e. The second kappa shape index (κ2) is 5.55. The molecule has 0 N–H and O–H groups in total. The van der Waals surface area contributed by atoms with E-state index in [1.807, 2.05) is 11.8 Å². The number of halogens is 3. The second-order valence-electron chi connectivity index (χ2n) is 5.10. The Morgan fingerprint density at radius 2 is 1.89 bits per heavy atom. The Hall–Kier alpha value is -0.640. The Morgan fingerprint density at radius 3 is 2.44 bits per heavy atom. The monoisotopic (exact) mass is 317 g/mol. The summed E-state index contributed by atoms with van der Waals surface area (Å²) in [5.41, 5.74) is 0.769. The number of piperidine rings is 1. The molecule has 0 spiro atoms. The Bertz CT molecular complexity index is 413. The molecule has 1 aromatic carbocycles. The van der Waals surface area contributed by atoms with Crippen LogP contribution in [0, 0.1) is 17.6 Å². The molecule has 100 valence electrons. The summed E-state index contributed by atoms with van der Waals surface area (Å²) < 4.78 is 28.2. The number of hydrogen-bond donors (Lipinski definition) is 0. The van der Waals surface area contributed by atoms with E-state index in [1.165, 1.54) is 12.1 Å². The summed E-state index contributed by atoms with van der Waals surface area (Å²) in [5.74, 6) is -0.441. The van der Waals surface area contributed by atoms with Gasteiger partial charge in [0.25, 0.3) is 0 Å². The van der Waals surface area contributed by atoms with Crippen molar-refractivity contribution in [3.8, 4) is 0 Å². The zero-order chi connectivity index (χ0) is 13.3. The second-order valence-corrected chi connectivity index (χ2v) is 5.66.